The average Bonchev–Trinajstić information content (AvgIpc) is 2.22. The number of hydrogen-bond donors (Lipinski definition) is 1. The fourth-order valence-electron chi connectivity index (χ4n) is 0.881. The van der Waals surface area contributed by atoms with Gasteiger partial charge in [-0.1, -0.05) is 29.8 Å². The molecular formula is C9H20BrO4P. The summed E-state index contributed by atoms with van der Waals surface area (Å²) in [6.07, 6.45) is 0.752. The van der Waals surface area contributed by atoms with Crippen LogP contribution in [-0.2, 0) is 13.6 Å². The summed E-state index contributed by atoms with van der Waals surface area (Å²) < 4.78 is 22.0. The van der Waals surface area contributed by atoms with Crippen molar-refractivity contribution in [3.63, 3.8) is 0 Å². The van der Waals surface area contributed by atoms with E-state index in [1.165, 1.54) is 0 Å². The van der Waals surface area contributed by atoms with E-state index >= 15 is 0 Å². The van der Waals surface area contributed by atoms with Crippen molar-refractivity contribution in [2.45, 2.75) is 44.3 Å². The van der Waals surface area contributed by atoms with Gasteiger partial charge in [-0.3, -0.25) is 4.57 Å². The quantitative estimate of drug-likeness (QED) is 0.553. The maximum Gasteiger partial charge on any atom is 0.346 e. The highest BCUT2D eigenvalue weighted by atomic mass is 79.9. The Morgan fingerprint density at radius 1 is 1.27 bits per heavy atom. The molecule has 0 rings (SSSR count). The molecule has 0 aliphatic rings. The van der Waals surface area contributed by atoms with Crippen molar-refractivity contribution in [1.29, 1.82) is 0 Å². The highest BCUT2D eigenvalue weighted by molar-refractivity contribution is 9.10. The summed E-state index contributed by atoms with van der Waals surface area (Å²) in [5.74, 6) is 0. The maximum atomic E-state index is 12.2. The molecule has 2 atom stereocenters. The number of alkyl halides is 1. The molecule has 15 heavy (non-hydrogen) atoms. The van der Waals surface area contributed by atoms with Crippen molar-refractivity contribution < 1.29 is 18.7 Å². The first-order valence-corrected chi connectivity index (χ1v) is 7.71. The van der Waals surface area contributed by atoms with Crippen LogP contribution in [0, 0.1) is 0 Å². The Balaban J connectivity index is 4.46. The summed E-state index contributed by atoms with van der Waals surface area (Å²) in [5.41, 5.74) is 0. The summed E-state index contributed by atoms with van der Waals surface area (Å²) >= 11 is 3.16. The van der Waals surface area contributed by atoms with Gasteiger partial charge in [-0.2, -0.15) is 0 Å². The van der Waals surface area contributed by atoms with Gasteiger partial charge in [-0.15, -0.1) is 0 Å². The molecule has 0 aliphatic carbocycles. The zero-order chi connectivity index (χ0) is 11.9. The molecule has 4 nitrogen and oxygen atoms in total. The van der Waals surface area contributed by atoms with Crippen molar-refractivity contribution in [3.8, 4) is 0 Å². The molecule has 92 valence electrons. The van der Waals surface area contributed by atoms with Crippen LogP contribution in [0.5, 0.6) is 0 Å². The normalized spacial score (nSPS) is 16.3. The van der Waals surface area contributed by atoms with Gasteiger partial charge in [0.15, 0.2) is 0 Å². The molecule has 0 heterocycles. The van der Waals surface area contributed by atoms with Crippen LogP contribution in [-0.4, -0.2) is 29.0 Å². The molecule has 0 saturated heterocycles. The topological polar surface area (TPSA) is 55.8 Å². The van der Waals surface area contributed by atoms with Crippen LogP contribution in [0.3, 0.4) is 0 Å². The van der Waals surface area contributed by atoms with Gasteiger partial charge >= 0.3 is 7.60 Å². The largest absolute Gasteiger partial charge is 0.392 e. The first-order valence-electron chi connectivity index (χ1n) is 5.18. The molecule has 0 spiro atoms. The highest BCUT2D eigenvalue weighted by Gasteiger charge is 2.37. The molecule has 0 bridgehead atoms. The van der Waals surface area contributed by atoms with Crippen molar-refractivity contribution in [2.24, 2.45) is 0 Å². The Kier molecular flexibility index (Phi) is 8.10. The molecule has 6 heteroatoms. The van der Waals surface area contributed by atoms with Crippen molar-refractivity contribution in [1.82, 2.24) is 0 Å². The molecule has 0 fully saturated rings. The van der Waals surface area contributed by atoms with E-state index in [1.54, 1.807) is 6.92 Å². The molecule has 2 unspecified atom stereocenters. The van der Waals surface area contributed by atoms with Crippen LogP contribution >= 0.6 is 23.5 Å². The summed E-state index contributed by atoms with van der Waals surface area (Å²) in [4.78, 5) is 0. The van der Waals surface area contributed by atoms with Gasteiger partial charge < -0.3 is 14.2 Å². The van der Waals surface area contributed by atoms with Crippen LogP contribution in [0.1, 0.15) is 33.6 Å². The Morgan fingerprint density at radius 2 is 1.67 bits per heavy atom. The Labute approximate surface area is 100 Å². The van der Waals surface area contributed by atoms with Crippen molar-refractivity contribution >= 4 is 23.5 Å². The Bertz CT molecular complexity index is 198. The average molecular weight is 303 g/mol. The predicted octanol–water partition coefficient (Wildman–Crippen LogP) is 3.13. The van der Waals surface area contributed by atoms with Crippen LogP contribution < -0.4 is 0 Å². The van der Waals surface area contributed by atoms with E-state index in [4.69, 9.17) is 9.05 Å². The number of halogens is 1. The zero-order valence-electron chi connectivity index (χ0n) is 9.48. The van der Waals surface area contributed by atoms with E-state index in [0.29, 0.717) is 13.2 Å². The maximum absolute atomic E-state index is 12.2. The second-order valence-electron chi connectivity index (χ2n) is 3.32. The lowest BCUT2D eigenvalue weighted by atomic mass is 10.5. The van der Waals surface area contributed by atoms with Gasteiger partial charge in [0.1, 0.15) is 4.57 Å². The third-order valence-electron chi connectivity index (χ3n) is 1.65. The number of hydrogen-bond acceptors (Lipinski definition) is 4. The summed E-state index contributed by atoms with van der Waals surface area (Å²) in [6.45, 7) is 6.15. The lowest BCUT2D eigenvalue weighted by molar-refractivity contribution is 0.167. The molecule has 0 radical (unpaired) electrons. The third-order valence-corrected chi connectivity index (χ3v) is 6.04. The second-order valence-corrected chi connectivity index (χ2v) is 7.17. The molecule has 0 aliphatic heterocycles. The molecule has 0 aromatic carbocycles. The van der Waals surface area contributed by atoms with Gasteiger partial charge in [0, 0.05) is 0 Å². The van der Waals surface area contributed by atoms with E-state index in [2.05, 4.69) is 15.9 Å². The van der Waals surface area contributed by atoms with Crippen LogP contribution in [0.25, 0.3) is 0 Å². The van der Waals surface area contributed by atoms with Gasteiger partial charge in [0.05, 0.1) is 19.3 Å². The molecular weight excluding hydrogens is 283 g/mol. The summed E-state index contributed by atoms with van der Waals surface area (Å²) in [5, 5.41) is 9.38. The van der Waals surface area contributed by atoms with Gasteiger partial charge in [-0.05, 0) is 19.8 Å². The first kappa shape index (κ1) is 15.6. The van der Waals surface area contributed by atoms with E-state index in [-0.39, 0.29) is 0 Å². The second kappa shape index (κ2) is 7.80. The summed E-state index contributed by atoms with van der Waals surface area (Å²) in [7, 11) is -3.23. The van der Waals surface area contributed by atoms with Crippen LogP contribution in [0.2, 0.25) is 0 Å². The van der Waals surface area contributed by atoms with E-state index < -0.39 is 18.3 Å². The standard InChI is InChI=1S/C9H20BrO4P/c1-4-6-13-15(12,14-7-5-2)9(10)8(3)11/h8-9,11H,4-7H2,1-3H3. The smallest absolute Gasteiger partial charge is 0.346 e. The minimum Gasteiger partial charge on any atom is -0.392 e. The minimum absolute atomic E-state index is 0.371. The molecule has 0 aromatic heterocycles. The predicted molar refractivity (Wildman–Crippen MR) is 64.5 cm³/mol. The Hall–Kier alpha value is 0.590. The molecule has 0 aromatic rings. The Morgan fingerprint density at radius 3 is 1.93 bits per heavy atom. The first-order chi connectivity index (χ1) is 6.98. The molecule has 1 N–H and O–H groups in total. The number of aliphatic hydroxyl groups excluding tert-OH is 1. The monoisotopic (exact) mass is 302 g/mol. The van der Waals surface area contributed by atoms with E-state index in [0.717, 1.165) is 12.8 Å². The highest BCUT2D eigenvalue weighted by Crippen LogP contribution is 2.56. The van der Waals surface area contributed by atoms with Crippen LogP contribution in [0.15, 0.2) is 0 Å². The summed E-state index contributed by atoms with van der Waals surface area (Å²) in [6, 6.07) is 0. The van der Waals surface area contributed by atoms with E-state index in [1.807, 2.05) is 13.8 Å². The lowest BCUT2D eigenvalue weighted by Gasteiger charge is -2.24. The SMILES string of the molecule is CCCOP(=O)(OCCC)C(Br)C(C)O. The van der Waals surface area contributed by atoms with Crippen molar-refractivity contribution in [3.05, 3.63) is 0 Å². The minimum atomic E-state index is -3.23. The van der Waals surface area contributed by atoms with Crippen molar-refractivity contribution in [2.75, 3.05) is 13.2 Å². The fourth-order valence-corrected chi connectivity index (χ4v) is 3.35. The molecule has 0 saturated carbocycles. The number of rotatable bonds is 8. The molecule has 0 amide bonds. The van der Waals surface area contributed by atoms with Gasteiger partial charge in [0.25, 0.3) is 0 Å². The zero-order valence-corrected chi connectivity index (χ0v) is 12.0. The number of aliphatic hydroxyl groups is 1. The lowest BCUT2D eigenvalue weighted by Crippen LogP contribution is -2.19. The van der Waals surface area contributed by atoms with Crippen LogP contribution in [0.4, 0.5) is 0 Å². The van der Waals surface area contributed by atoms with E-state index in [9.17, 15) is 9.67 Å². The van der Waals surface area contributed by atoms with Gasteiger partial charge in [-0.25, -0.2) is 0 Å². The third kappa shape index (κ3) is 5.45. The van der Waals surface area contributed by atoms with Gasteiger partial charge in [0.2, 0.25) is 0 Å². The fraction of sp³-hybridized carbons (Fsp3) is 1.00.